The van der Waals surface area contributed by atoms with E-state index in [1.807, 2.05) is 25.1 Å². The first-order valence-corrected chi connectivity index (χ1v) is 6.37. The van der Waals surface area contributed by atoms with Crippen LogP contribution in [-0.4, -0.2) is 45.4 Å². The highest BCUT2D eigenvalue weighted by Crippen LogP contribution is 2.16. The third-order valence-electron chi connectivity index (χ3n) is 3.14. The number of H-pyrrole nitrogens is 1. The lowest BCUT2D eigenvalue weighted by molar-refractivity contribution is -0.143. The molecular formula is C14H17N3O3. The van der Waals surface area contributed by atoms with E-state index in [2.05, 4.69) is 9.97 Å². The number of hydrogen-bond acceptors (Lipinski definition) is 3. The summed E-state index contributed by atoms with van der Waals surface area (Å²) in [5.41, 5.74) is 2.94. The molecular weight excluding hydrogens is 258 g/mol. The Morgan fingerprint density at radius 1 is 1.40 bits per heavy atom. The molecule has 1 heterocycles. The number of aromatic amines is 1. The quantitative estimate of drug-likeness (QED) is 0.862. The van der Waals surface area contributed by atoms with Crippen molar-refractivity contribution < 1.29 is 14.7 Å². The number of aryl methyl sites for hydroxylation is 2. The molecule has 1 aromatic carbocycles. The number of rotatable bonds is 5. The summed E-state index contributed by atoms with van der Waals surface area (Å²) in [6, 6.07) is 5.88. The standard InChI is InChI=1S/C14H17N3O3/c1-9-4-3-5-10-14(9)16-11(15-10)6-7-12(18)17(2)8-13(19)20/h3-5H,6-8H2,1-2H3,(H,15,16)(H,19,20). The van der Waals surface area contributed by atoms with Gasteiger partial charge in [0.15, 0.2) is 0 Å². The van der Waals surface area contributed by atoms with E-state index in [4.69, 9.17) is 5.11 Å². The van der Waals surface area contributed by atoms with Gasteiger partial charge in [-0.15, -0.1) is 0 Å². The number of hydrogen-bond donors (Lipinski definition) is 2. The number of carbonyl (C=O) groups is 2. The molecule has 20 heavy (non-hydrogen) atoms. The van der Waals surface area contributed by atoms with Crippen LogP contribution >= 0.6 is 0 Å². The molecule has 0 unspecified atom stereocenters. The smallest absolute Gasteiger partial charge is 0.323 e. The molecule has 0 saturated carbocycles. The number of carboxylic acids is 1. The lowest BCUT2D eigenvalue weighted by Crippen LogP contribution is -2.32. The third-order valence-corrected chi connectivity index (χ3v) is 3.14. The van der Waals surface area contributed by atoms with Crippen molar-refractivity contribution in [3.63, 3.8) is 0 Å². The SMILES string of the molecule is Cc1cccc2[nH]c(CCC(=O)N(C)CC(=O)O)nc12. The van der Waals surface area contributed by atoms with Gasteiger partial charge in [0.05, 0.1) is 11.0 Å². The van der Waals surface area contributed by atoms with E-state index in [0.29, 0.717) is 6.42 Å². The van der Waals surface area contributed by atoms with Crippen LogP contribution < -0.4 is 0 Å². The van der Waals surface area contributed by atoms with Crippen LogP contribution in [0.15, 0.2) is 18.2 Å². The number of carboxylic acid groups (broad SMARTS) is 1. The Kier molecular flexibility index (Phi) is 4.02. The Morgan fingerprint density at radius 2 is 2.15 bits per heavy atom. The largest absolute Gasteiger partial charge is 0.480 e. The van der Waals surface area contributed by atoms with E-state index in [9.17, 15) is 9.59 Å². The van der Waals surface area contributed by atoms with Crippen molar-refractivity contribution >= 4 is 22.9 Å². The van der Waals surface area contributed by atoms with E-state index in [-0.39, 0.29) is 18.9 Å². The van der Waals surface area contributed by atoms with Crippen molar-refractivity contribution in [1.82, 2.24) is 14.9 Å². The summed E-state index contributed by atoms with van der Waals surface area (Å²) >= 11 is 0. The molecule has 0 aliphatic rings. The second-order valence-corrected chi connectivity index (χ2v) is 4.80. The number of amides is 1. The number of para-hydroxylation sites is 1. The maximum atomic E-state index is 11.8. The average molecular weight is 275 g/mol. The van der Waals surface area contributed by atoms with Crippen molar-refractivity contribution in [2.24, 2.45) is 0 Å². The van der Waals surface area contributed by atoms with E-state index < -0.39 is 5.97 Å². The van der Waals surface area contributed by atoms with Gasteiger partial charge in [-0.05, 0) is 18.6 Å². The minimum atomic E-state index is -1.01. The van der Waals surface area contributed by atoms with Gasteiger partial charge >= 0.3 is 5.97 Å². The lowest BCUT2D eigenvalue weighted by atomic mass is 10.2. The van der Waals surface area contributed by atoms with Crippen molar-refractivity contribution in [3.8, 4) is 0 Å². The van der Waals surface area contributed by atoms with Gasteiger partial charge in [0, 0.05) is 19.9 Å². The molecule has 1 aromatic heterocycles. The molecule has 6 nitrogen and oxygen atoms in total. The number of imidazole rings is 1. The van der Waals surface area contributed by atoms with Gasteiger partial charge in [-0.3, -0.25) is 9.59 Å². The summed E-state index contributed by atoms with van der Waals surface area (Å²) in [5.74, 6) is -0.476. The molecule has 6 heteroatoms. The van der Waals surface area contributed by atoms with Crippen LogP contribution in [0.1, 0.15) is 17.8 Å². The lowest BCUT2D eigenvalue weighted by Gasteiger charge is -2.13. The number of likely N-dealkylation sites (N-methyl/N-ethyl adjacent to an activating group) is 1. The normalized spacial score (nSPS) is 10.7. The molecule has 0 aliphatic carbocycles. The molecule has 0 aliphatic heterocycles. The maximum Gasteiger partial charge on any atom is 0.323 e. The highest BCUT2D eigenvalue weighted by atomic mass is 16.4. The van der Waals surface area contributed by atoms with Crippen molar-refractivity contribution in [2.45, 2.75) is 19.8 Å². The fourth-order valence-electron chi connectivity index (χ4n) is 2.05. The second kappa shape index (κ2) is 5.73. The monoisotopic (exact) mass is 275 g/mol. The number of benzene rings is 1. The minimum Gasteiger partial charge on any atom is -0.480 e. The Labute approximate surface area is 116 Å². The van der Waals surface area contributed by atoms with Crippen LogP contribution in [0.3, 0.4) is 0 Å². The van der Waals surface area contributed by atoms with Gasteiger partial charge in [0.2, 0.25) is 5.91 Å². The Balaban J connectivity index is 2.01. The number of aromatic nitrogens is 2. The molecule has 0 spiro atoms. The number of nitrogens with zero attached hydrogens (tertiary/aromatic N) is 2. The summed E-state index contributed by atoms with van der Waals surface area (Å²) < 4.78 is 0. The fraction of sp³-hybridized carbons (Fsp3) is 0.357. The number of nitrogens with one attached hydrogen (secondary N) is 1. The molecule has 0 bridgehead atoms. The summed E-state index contributed by atoms with van der Waals surface area (Å²) in [4.78, 5) is 31.1. The molecule has 0 radical (unpaired) electrons. The topological polar surface area (TPSA) is 86.3 Å². The zero-order chi connectivity index (χ0) is 14.7. The fourth-order valence-corrected chi connectivity index (χ4v) is 2.05. The first kappa shape index (κ1) is 14.0. The van der Waals surface area contributed by atoms with Gasteiger partial charge in [-0.2, -0.15) is 0 Å². The summed E-state index contributed by atoms with van der Waals surface area (Å²) in [5, 5.41) is 8.63. The van der Waals surface area contributed by atoms with Crippen LogP contribution in [0.5, 0.6) is 0 Å². The van der Waals surface area contributed by atoms with Gasteiger partial charge in [-0.1, -0.05) is 12.1 Å². The van der Waals surface area contributed by atoms with Gasteiger partial charge in [-0.25, -0.2) is 4.98 Å². The summed E-state index contributed by atoms with van der Waals surface area (Å²) in [6.45, 7) is 1.71. The second-order valence-electron chi connectivity index (χ2n) is 4.80. The van der Waals surface area contributed by atoms with E-state index >= 15 is 0 Å². The van der Waals surface area contributed by atoms with Crippen molar-refractivity contribution in [3.05, 3.63) is 29.6 Å². The Hall–Kier alpha value is -2.37. The molecule has 0 saturated heterocycles. The van der Waals surface area contributed by atoms with Gasteiger partial charge in [0.1, 0.15) is 12.4 Å². The molecule has 2 rings (SSSR count). The first-order chi connectivity index (χ1) is 9.47. The molecule has 2 aromatic rings. The highest BCUT2D eigenvalue weighted by Gasteiger charge is 2.13. The Morgan fingerprint density at radius 3 is 2.80 bits per heavy atom. The van der Waals surface area contributed by atoms with Gasteiger partial charge < -0.3 is 15.0 Å². The average Bonchev–Trinajstić information content (AvgIpc) is 2.79. The number of aliphatic carboxylic acids is 1. The van der Waals surface area contributed by atoms with Crippen molar-refractivity contribution in [2.75, 3.05) is 13.6 Å². The number of fused-ring (bicyclic) bond motifs is 1. The van der Waals surface area contributed by atoms with Crippen LogP contribution in [0.25, 0.3) is 11.0 Å². The van der Waals surface area contributed by atoms with Crippen LogP contribution in [-0.2, 0) is 16.0 Å². The molecule has 2 N–H and O–H groups in total. The first-order valence-electron chi connectivity index (χ1n) is 6.37. The van der Waals surface area contributed by atoms with Gasteiger partial charge in [0.25, 0.3) is 0 Å². The summed E-state index contributed by atoms with van der Waals surface area (Å²) in [6.07, 6.45) is 0.708. The molecule has 0 fully saturated rings. The molecule has 0 atom stereocenters. The number of carbonyl (C=O) groups excluding carboxylic acids is 1. The van der Waals surface area contributed by atoms with Crippen LogP contribution in [0.2, 0.25) is 0 Å². The van der Waals surface area contributed by atoms with Crippen molar-refractivity contribution in [1.29, 1.82) is 0 Å². The Bertz CT molecular complexity index is 648. The van der Waals surface area contributed by atoms with Crippen LogP contribution in [0.4, 0.5) is 0 Å². The zero-order valence-electron chi connectivity index (χ0n) is 11.5. The molecule has 106 valence electrons. The zero-order valence-corrected chi connectivity index (χ0v) is 11.5. The minimum absolute atomic E-state index is 0.204. The van der Waals surface area contributed by atoms with Crippen LogP contribution in [0, 0.1) is 6.92 Å². The predicted molar refractivity (Wildman–Crippen MR) is 74.4 cm³/mol. The van der Waals surface area contributed by atoms with E-state index in [0.717, 1.165) is 22.4 Å². The molecule has 1 amide bonds. The predicted octanol–water partition coefficient (Wildman–Crippen LogP) is 1.35. The maximum absolute atomic E-state index is 11.8. The third kappa shape index (κ3) is 3.14. The van der Waals surface area contributed by atoms with E-state index in [1.54, 1.807) is 0 Å². The summed E-state index contributed by atoms with van der Waals surface area (Å²) in [7, 11) is 1.49. The highest BCUT2D eigenvalue weighted by molar-refractivity contribution is 5.81. The van der Waals surface area contributed by atoms with E-state index in [1.165, 1.54) is 11.9 Å².